The molecule has 8 nitrogen and oxygen atoms in total. The molecular weight excluding hydrogens is 390 g/mol. The minimum atomic E-state index is -3.79. The van der Waals surface area contributed by atoms with Gasteiger partial charge < -0.3 is 0 Å². The largest absolute Gasteiger partial charge is 0.298 e. The monoisotopic (exact) mass is 403 g/mol. The van der Waals surface area contributed by atoms with Gasteiger partial charge in [-0.1, -0.05) is 30.3 Å². The molecule has 27 heavy (non-hydrogen) atoms. The number of sulfone groups is 1. The van der Waals surface area contributed by atoms with Crippen molar-refractivity contribution in [3.8, 4) is 11.3 Å². The maximum Gasteiger partial charge on any atom is 0.288 e. The van der Waals surface area contributed by atoms with Gasteiger partial charge in [-0.05, 0) is 12.1 Å². The number of nitro groups is 1. The fourth-order valence-corrected chi connectivity index (χ4v) is 3.90. The fraction of sp³-hybridized carbons (Fsp3) is 0.0588. The van der Waals surface area contributed by atoms with Gasteiger partial charge in [0.1, 0.15) is 4.90 Å². The minimum absolute atomic E-state index is 0.0365. The summed E-state index contributed by atoms with van der Waals surface area (Å²) in [5.74, 6) is -0.618. The summed E-state index contributed by atoms with van der Waals surface area (Å²) in [6.45, 7) is 0. The zero-order valence-corrected chi connectivity index (χ0v) is 15.6. The van der Waals surface area contributed by atoms with Crippen LogP contribution < -0.4 is 5.32 Å². The normalized spacial score (nSPS) is 11.1. The Bertz CT molecular complexity index is 1120. The number of carbonyl (C=O) groups excluding carboxylic acids is 1. The first-order chi connectivity index (χ1) is 12.8. The third-order valence-corrected chi connectivity index (χ3v) is 5.51. The number of hydrogen-bond donors (Lipinski definition) is 1. The van der Waals surface area contributed by atoms with Crippen molar-refractivity contribution < 1.29 is 18.1 Å². The number of carbonyl (C=O) groups is 1. The van der Waals surface area contributed by atoms with E-state index < -0.39 is 31.3 Å². The van der Waals surface area contributed by atoms with Crippen molar-refractivity contribution in [2.24, 2.45) is 0 Å². The minimum Gasteiger partial charge on any atom is -0.298 e. The SMILES string of the molecule is CS(=O)(=O)c1ccc(C(=O)Nc2nc(-c3ccccc3)cs2)cc1[N+](=O)[O-]. The first-order valence-electron chi connectivity index (χ1n) is 7.56. The number of anilines is 1. The molecule has 0 saturated heterocycles. The van der Waals surface area contributed by atoms with Crippen molar-refractivity contribution in [2.45, 2.75) is 4.90 Å². The number of aromatic nitrogens is 1. The van der Waals surface area contributed by atoms with Gasteiger partial charge >= 0.3 is 0 Å². The second-order valence-corrected chi connectivity index (χ2v) is 8.41. The number of nitrogens with one attached hydrogen (secondary N) is 1. The van der Waals surface area contributed by atoms with Crippen LogP contribution >= 0.6 is 11.3 Å². The van der Waals surface area contributed by atoms with Crippen LogP contribution in [0.5, 0.6) is 0 Å². The molecule has 138 valence electrons. The molecule has 1 amide bonds. The van der Waals surface area contributed by atoms with Crippen LogP contribution in [-0.2, 0) is 9.84 Å². The molecule has 0 unspecified atom stereocenters. The molecule has 3 aromatic rings. The molecular formula is C17H13N3O5S2. The molecule has 0 aliphatic rings. The summed E-state index contributed by atoms with van der Waals surface area (Å²) in [5, 5.41) is 15.8. The number of benzene rings is 2. The van der Waals surface area contributed by atoms with Crippen LogP contribution in [0.25, 0.3) is 11.3 Å². The van der Waals surface area contributed by atoms with Gasteiger partial charge in [0.2, 0.25) is 0 Å². The van der Waals surface area contributed by atoms with Gasteiger partial charge in [-0.15, -0.1) is 11.3 Å². The third kappa shape index (κ3) is 4.18. The first-order valence-corrected chi connectivity index (χ1v) is 10.3. The van der Waals surface area contributed by atoms with Gasteiger partial charge in [-0.3, -0.25) is 20.2 Å². The fourth-order valence-electron chi connectivity index (χ4n) is 2.36. The van der Waals surface area contributed by atoms with E-state index in [0.717, 1.165) is 24.0 Å². The van der Waals surface area contributed by atoms with Crippen LogP contribution in [0, 0.1) is 10.1 Å². The standard InChI is InChI=1S/C17H13N3O5S2/c1-27(24,25)15-8-7-12(9-14(15)20(22)23)16(21)19-17-18-13(10-26-17)11-5-3-2-4-6-11/h2-10H,1H3,(H,18,19,21). The lowest BCUT2D eigenvalue weighted by atomic mass is 10.2. The second kappa shape index (κ2) is 7.25. The van der Waals surface area contributed by atoms with Gasteiger partial charge in [0.15, 0.2) is 15.0 Å². The van der Waals surface area contributed by atoms with Crippen molar-refractivity contribution in [3.05, 3.63) is 69.6 Å². The molecule has 0 radical (unpaired) electrons. The van der Waals surface area contributed by atoms with Crippen LogP contribution in [0.1, 0.15) is 10.4 Å². The predicted molar refractivity (Wildman–Crippen MR) is 102 cm³/mol. The van der Waals surface area contributed by atoms with Gasteiger partial charge in [0.05, 0.1) is 10.6 Å². The zero-order chi connectivity index (χ0) is 19.6. The van der Waals surface area contributed by atoms with Crippen LogP contribution in [0.4, 0.5) is 10.8 Å². The molecule has 0 atom stereocenters. The van der Waals surface area contributed by atoms with Crippen LogP contribution in [0.15, 0.2) is 58.8 Å². The molecule has 1 N–H and O–H groups in total. The van der Waals surface area contributed by atoms with Crippen molar-refractivity contribution in [2.75, 3.05) is 11.6 Å². The second-order valence-electron chi connectivity index (χ2n) is 5.57. The van der Waals surface area contributed by atoms with E-state index in [1.165, 1.54) is 17.4 Å². The molecule has 0 fully saturated rings. The molecule has 1 aromatic heterocycles. The van der Waals surface area contributed by atoms with Crippen molar-refractivity contribution >= 4 is 37.9 Å². The van der Waals surface area contributed by atoms with Gasteiger partial charge in [-0.25, -0.2) is 13.4 Å². The van der Waals surface area contributed by atoms with Crippen molar-refractivity contribution in [3.63, 3.8) is 0 Å². The Morgan fingerprint density at radius 2 is 1.89 bits per heavy atom. The van der Waals surface area contributed by atoms with Crippen LogP contribution in [0.2, 0.25) is 0 Å². The summed E-state index contributed by atoms with van der Waals surface area (Å²) in [5.41, 5.74) is 0.900. The third-order valence-electron chi connectivity index (χ3n) is 3.61. The van der Waals surface area contributed by atoms with E-state index in [1.54, 1.807) is 5.38 Å². The lowest BCUT2D eigenvalue weighted by Crippen LogP contribution is -2.13. The number of thiazole rings is 1. The number of nitrogens with zero attached hydrogens (tertiary/aromatic N) is 2. The van der Waals surface area contributed by atoms with E-state index in [0.29, 0.717) is 10.8 Å². The Kier molecular flexibility index (Phi) is 5.02. The molecule has 2 aromatic carbocycles. The smallest absolute Gasteiger partial charge is 0.288 e. The molecule has 0 spiro atoms. The summed E-state index contributed by atoms with van der Waals surface area (Å²) < 4.78 is 23.3. The predicted octanol–water partition coefficient (Wildman–Crippen LogP) is 3.37. The number of nitro benzene ring substituents is 1. The van der Waals surface area contributed by atoms with Gasteiger partial charge in [0, 0.05) is 28.8 Å². The first kappa shape index (κ1) is 18.7. The number of amides is 1. The summed E-state index contributed by atoms with van der Waals surface area (Å²) in [7, 11) is -3.79. The summed E-state index contributed by atoms with van der Waals surface area (Å²) in [6.07, 6.45) is 0.871. The number of rotatable bonds is 5. The lowest BCUT2D eigenvalue weighted by molar-refractivity contribution is -0.387. The van der Waals surface area contributed by atoms with Crippen molar-refractivity contribution in [1.82, 2.24) is 4.98 Å². The van der Waals surface area contributed by atoms with E-state index in [2.05, 4.69) is 10.3 Å². The van der Waals surface area contributed by atoms with Gasteiger partial charge in [0.25, 0.3) is 11.6 Å². The highest BCUT2D eigenvalue weighted by atomic mass is 32.2. The summed E-state index contributed by atoms with van der Waals surface area (Å²) in [4.78, 5) is 26.6. The highest BCUT2D eigenvalue weighted by Gasteiger charge is 2.24. The Morgan fingerprint density at radius 3 is 2.52 bits per heavy atom. The Labute approximate surface area is 158 Å². The average molecular weight is 403 g/mol. The maximum atomic E-state index is 12.4. The Balaban J connectivity index is 1.86. The molecule has 3 rings (SSSR count). The number of hydrogen-bond acceptors (Lipinski definition) is 7. The topological polar surface area (TPSA) is 119 Å². The maximum absolute atomic E-state index is 12.4. The molecule has 0 aliphatic heterocycles. The lowest BCUT2D eigenvalue weighted by Gasteiger charge is -2.05. The average Bonchev–Trinajstić information content (AvgIpc) is 3.09. The molecule has 0 bridgehead atoms. The van der Waals surface area contributed by atoms with E-state index >= 15 is 0 Å². The van der Waals surface area contributed by atoms with E-state index in [1.807, 2.05) is 30.3 Å². The Morgan fingerprint density at radius 1 is 1.19 bits per heavy atom. The Hall–Kier alpha value is -3.11. The van der Waals surface area contributed by atoms with Crippen LogP contribution in [-0.4, -0.2) is 30.5 Å². The van der Waals surface area contributed by atoms with E-state index in [-0.39, 0.29) is 5.56 Å². The highest BCUT2D eigenvalue weighted by molar-refractivity contribution is 7.90. The quantitative estimate of drug-likeness (QED) is 0.515. The van der Waals surface area contributed by atoms with E-state index in [9.17, 15) is 23.3 Å². The zero-order valence-electron chi connectivity index (χ0n) is 13.9. The molecule has 0 saturated carbocycles. The highest BCUT2D eigenvalue weighted by Crippen LogP contribution is 2.27. The molecule has 10 heteroatoms. The molecule has 1 heterocycles. The van der Waals surface area contributed by atoms with Gasteiger partial charge in [-0.2, -0.15) is 0 Å². The van der Waals surface area contributed by atoms with E-state index in [4.69, 9.17) is 0 Å². The van der Waals surface area contributed by atoms with Crippen LogP contribution in [0.3, 0.4) is 0 Å². The summed E-state index contributed by atoms with van der Waals surface area (Å²) in [6, 6.07) is 12.6. The van der Waals surface area contributed by atoms with Crippen molar-refractivity contribution in [1.29, 1.82) is 0 Å². The molecule has 0 aliphatic carbocycles. The summed E-state index contributed by atoms with van der Waals surface area (Å²) >= 11 is 1.21.